The van der Waals surface area contributed by atoms with Crippen LogP contribution >= 0.6 is 0 Å². The highest BCUT2D eigenvalue weighted by Gasteiger charge is 2.36. The lowest BCUT2D eigenvalue weighted by atomic mass is 9.83. The summed E-state index contributed by atoms with van der Waals surface area (Å²) in [6, 6.07) is 0.413. The van der Waals surface area contributed by atoms with Gasteiger partial charge in [0.1, 0.15) is 0 Å². The third-order valence-electron chi connectivity index (χ3n) is 4.01. The standard InChI is InChI=1S/C13H27NO3/c1-11(17)13(7-9-15,8-10-16)14-12-5-3-2-4-6-12/h11-12,14-17H,2-10H2,1H3. The highest BCUT2D eigenvalue weighted by atomic mass is 16.3. The molecule has 0 aliphatic heterocycles. The van der Waals surface area contributed by atoms with Crippen molar-refractivity contribution in [3.05, 3.63) is 0 Å². The first-order chi connectivity index (χ1) is 8.14. The molecule has 1 fully saturated rings. The predicted molar refractivity (Wildman–Crippen MR) is 67.8 cm³/mol. The third-order valence-corrected chi connectivity index (χ3v) is 4.01. The lowest BCUT2D eigenvalue weighted by molar-refractivity contribution is 0.0248. The molecule has 1 rings (SSSR count). The zero-order chi connectivity index (χ0) is 12.7. The third kappa shape index (κ3) is 4.21. The topological polar surface area (TPSA) is 72.7 Å². The van der Waals surface area contributed by atoms with Gasteiger partial charge in [0.15, 0.2) is 0 Å². The van der Waals surface area contributed by atoms with Gasteiger partial charge in [-0.15, -0.1) is 0 Å². The van der Waals surface area contributed by atoms with Gasteiger partial charge >= 0.3 is 0 Å². The summed E-state index contributed by atoms with van der Waals surface area (Å²) in [5, 5.41) is 31.8. The fourth-order valence-electron chi connectivity index (χ4n) is 2.86. The summed E-state index contributed by atoms with van der Waals surface area (Å²) in [4.78, 5) is 0. The van der Waals surface area contributed by atoms with Crippen LogP contribution in [-0.4, -0.2) is 46.2 Å². The number of nitrogens with one attached hydrogen (secondary N) is 1. The molecular weight excluding hydrogens is 218 g/mol. The zero-order valence-electron chi connectivity index (χ0n) is 10.9. The Hall–Kier alpha value is -0.160. The summed E-state index contributed by atoms with van der Waals surface area (Å²) < 4.78 is 0. The van der Waals surface area contributed by atoms with E-state index in [0.717, 1.165) is 12.8 Å². The van der Waals surface area contributed by atoms with Gasteiger partial charge in [-0.25, -0.2) is 0 Å². The van der Waals surface area contributed by atoms with E-state index in [4.69, 9.17) is 0 Å². The van der Waals surface area contributed by atoms with Crippen molar-refractivity contribution in [3.63, 3.8) is 0 Å². The summed E-state index contributed by atoms with van der Waals surface area (Å²) in [5.74, 6) is 0. The molecule has 0 aromatic carbocycles. The van der Waals surface area contributed by atoms with Crippen LogP contribution in [0.25, 0.3) is 0 Å². The van der Waals surface area contributed by atoms with Gasteiger partial charge in [0, 0.05) is 24.8 Å². The van der Waals surface area contributed by atoms with Gasteiger partial charge in [0.05, 0.1) is 6.10 Å². The quantitative estimate of drug-likeness (QED) is 0.535. The van der Waals surface area contributed by atoms with Gasteiger partial charge in [0.25, 0.3) is 0 Å². The summed E-state index contributed by atoms with van der Waals surface area (Å²) in [6.07, 6.45) is 6.42. The molecule has 0 bridgehead atoms. The lowest BCUT2D eigenvalue weighted by Gasteiger charge is -2.41. The molecule has 1 unspecified atom stereocenters. The van der Waals surface area contributed by atoms with Gasteiger partial charge in [-0.05, 0) is 32.6 Å². The average Bonchev–Trinajstić information content (AvgIpc) is 2.30. The van der Waals surface area contributed by atoms with Crippen molar-refractivity contribution < 1.29 is 15.3 Å². The fourth-order valence-corrected chi connectivity index (χ4v) is 2.86. The molecule has 0 spiro atoms. The van der Waals surface area contributed by atoms with Gasteiger partial charge < -0.3 is 20.6 Å². The van der Waals surface area contributed by atoms with E-state index in [0.29, 0.717) is 18.9 Å². The second-order valence-electron chi connectivity index (χ2n) is 5.26. The molecule has 102 valence electrons. The van der Waals surface area contributed by atoms with Crippen LogP contribution in [0.15, 0.2) is 0 Å². The number of hydrogen-bond donors (Lipinski definition) is 4. The minimum atomic E-state index is -0.566. The molecule has 0 amide bonds. The largest absolute Gasteiger partial charge is 0.396 e. The van der Waals surface area contributed by atoms with Gasteiger partial charge in [-0.2, -0.15) is 0 Å². The molecule has 17 heavy (non-hydrogen) atoms. The van der Waals surface area contributed by atoms with Crippen LogP contribution in [-0.2, 0) is 0 Å². The van der Waals surface area contributed by atoms with Crippen molar-refractivity contribution in [2.75, 3.05) is 13.2 Å². The number of aliphatic hydroxyl groups is 3. The van der Waals surface area contributed by atoms with Crippen molar-refractivity contribution in [3.8, 4) is 0 Å². The highest BCUT2D eigenvalue weighted by molar-refractivity contribution is 4.95. The van der Waals surface area contributed by atoms with E-state index >= 15 is 0 Å². The smallest absolute Gasteiger partial charge is 0.0695 e. The molecule has 4 heteroatoms. The van der Waals surface area contributed by atoms with Gasteiger partial charge in [0.2, 0.25) is 0 Å². The highest BCUT2D eigenvalue weighted by Crippen LogP contribution is 2.25. The Morgan fingerprint density at radius 1 is 1.12 bits per heavy atom. The maximum absolute atomic E-state index is 9.97. The van der Waals surface area contributed by atoms with E-state index in [1.165, 1.54) is 19.3 Å². The van der Waals surface area contributed by atoms with E-state index in [1.54, 1.807) is 6.92 Å². The fraction of sp³-hybridized carbons (Fsp3) is 1.00. The predicted octanol–water partition coefficient (Wildman–Crippen LogP) is 0.793. The van der Waals surface area contributed by atoms with E-state index in [9.17, 15) is 15.3 Å². The Morgan fingerprint density at radius 3 is 2.06 bits per heavy atom. The Balaban J connectivity index is 2.65. The van der Waals surface area contributed by atoms with Gasteiger partial charge in [-0.1, -0.05) is 19.3 Å². The average molecular weight is 245 g/mol. The van der Waals surface area contributed by atoms with Crippen LogP contribution in [0.3, 0.4) is 0 Å². The monoisotopic (exact) mass is 245 g/mol. The lowest BCUT2D eigenvalue weighted by Crippen LogP contribution is -2.58. The number of rotatable bonds is 7. The van der Waals surface area contributed by atoms with Gasteiger partial charge in [-0.3, -0.25) is 0 Å². The minimum absolute atomic E-state index is 0.0324. The molecule has 1 saturated carbocycles. The first-order valence-corrected chi connectivity index (χ1v) is 6.82. The maximum Gasteiger partial charge on any atom is 0.0695 e. The first-order valence-electron chi connectivity index (χ1n) is 6.82. The summed E-state index contributed by atoms with van der Waals surface area (Å²) in [5.41, 5.74) is -0.536. The Morgan fingerprint density at radius 2 is 1.65 bits per heavy atom. The molecule has 4 nitrogen and oxygen atoms in total. The molecular formula is C13H27NO3. The minimum Gasteiger partial charge on any atom is -0.396 e. The van der Waals surface area contributed by atoms with Crippen LogP contribution < -0.4 is 5.32 Å². The van der Waals surface area contributed by atoms with E-state index in [-0.39, 0.29) is 13.2 Å². The Kier molecular flexibility index (Phi) is 6.41. The van der Waals surface area contributed by atoms with E-state index < -0.39 is 11.6 Å². The van der Waals surface area contributed by atoms with E-state index in [1.807, 2.05) is 0 Å². The van der Waals surface area contributed by atoms with Crippen molar-refractivity contribution in [2.45, 2.75) is 69.6 Å². The molecule has 0 heterocycles. The van der Waals surface area contributed by atoms with Crippen LogP contribution in [0.4, 0.5) is 0 Å². The van der Waals surface area contributed by atoms with Crippen molar-refractivity contribution >= 4 is 0 Å². The number of hydrogen-bond acceptors (Lipinski definition) is 4. The molecule has 1 aliphatic rings. The Labute approximate surface area is 104 Å². The zero-order valence-corrected chi connectivity index (χ0v) is 10.9. The molecule has 4 N–H and O–H groups in total. The van der Waals surface area contributed by atoms with Crippen molar-refractivity contribution in [2.24, 2.45) is 0 Å². The molecule has 0 saturated heterocycles. The van der Waals surface area contributed by atoms with Crippen LogP contribution in [0, 0.1) is 0 Å². The molecule has 0 radical (unpaired) electrons. The molecule has 0 aromatic heterocycles. The normalized spacial score (nSPS) is 20.5. The molecule has 1 aliphatic carbocycles. The Bertz CT molecular complexity index is 197. The summed E-state index contributed by atoms with van der Waals surface area (Å²) in [7, 11) is 0. The second kappa shape index (κ2) is 7.31. The molecule has 1 atom stereocenters. The van der Waals surface area contributed by atoms with Crippen LogP contribution in [0.1, 0.15) is 51.9 Å². The van der Waals surface area contributed by atoms with Crippen molar-refractivity contribution in [1.29, 1.82) is 0 Å². The summed E-state index contributed by atoms with van der Waals surface area (Å²) in [6.45, 7) is 1.80. The summed E-state index contributed by atoms with van der Waals surface area (Å²) >= 11 is 0. The van der Waals surface area contributed by atoms with Crippen LogP contribution in [0.5, 0.6) is 0 Å². The first kappa shape index (κ1) is 14.9. The SMILES string of the molecule is CC(O)C(CCO)(CCO)NC1CCCCC1. The van der Waals surface area contributed by atoms with E-state index in [2.05, 4.69) is 5.32 Å². The number of aliphatic hydroxyl groups excluding tert-OH is 3. The van der Waals surface area contributed by atoms with Crippen molar-refractivity contribution in [1.82, 2.24) is 5.32 Å². The maximum atomic E-state index is 9.97. The second-order valence-corrected chi connectivity index (χ2v) is 5.26. The van der Waals surface area contributed by atoms with Crippen LogP contribution in [0.2, 0.25) is 0 Å². The molecule has 0 aromatic rings.